The van der Waals surface area contributed by atoms with Crippen LogP contribution < -0.4 is 16.0 Å². The van der Waals surface area contributed by atoms with Crippen molar-refractivity contribution in [3.05, 3.63) is 83.7 Å². The lowest BCUT2D eigenvalue weighted by Gasteiger charge is -2.30. The number of anilines is 2. The van der Waals surface area contributed by atoms with Gasteiger partial charge in [0, 0.05) is 11.3 Å². The van der Waals surface area contributed by atoms with E-state index in [0.717, 1.165) is 30.4 Å². The van der Waals surface area contributed by atoms with E-state index < -0.39 is 23.7 Å². The van der Waals surface area contributed by atoms with Gasteiger partial charge >= 0.3 is 0 Å². The number of hydrogen-bond acceptors (Lipinski definition) is 4. The fourth-order valence-electron chi connectivity index (χ4n) is 6.18. The lowest BCUT2D eigenvalue weighted by Crippen LogP contribution is -2.52. The lowest BCUT2D eigenvalue weighted by molar-refractivity contribution is -0.131. The first-order chi connectivity index (χ1) is 19.3. The second-order valence-electron chi connectivity index (χ2n) is 11.1. The molecule has 3 N–H and O–H groups in total. The zero-order chi connectivity index (χ0) is 28.2. The van der Waals surface area contributed by atoms with Gasteiger partial charge in [-0.15, -0.1) is 0 Å². The molecule has 1 aliphatic carbocycles. The third-order valence-electron chi connectivity index (χ3n) is 8.30. The van der Waals surface area contributed by atoms with Crippen LogP contribution in [0.1, 0.15) is 68.9 Å². The molecule has 0 bridgehead atoms. The van der Waals surface area contributed by atoms with Crippen molar-refractivity contribution in [1.82, 2.24) is 5.32 Å². The molecule has 3 amide bonds. The van der Waals surface area contributed by atoms with E-state index in [2.05, 4.69) is 5.32 Å². The monoisotopic (exact) mass is 541 g/mol. The fourth-order valence-corrected chi connectivity index (χ4v) is 6.18. The Morgan fingerprint density at radius 3 is 2.55 bits per heavy atom. The van der Waals surface area contributed by atoms with E-state index in [1.165, 1.54) is 36.3 Å². The third kappa shape index (κ3) is 5.79. The summed E-state index contributed by atoms with van der Waals surface area (Å²) in [6.07, 6.45) is 6.90. The number of nitrogens with zero attached hydrogens (tertiary/aromatic N) is 1. The van der Waals surface area contributed by atoms with Crippen molar-refractivity contribution < 1.29 is 18.8 Å². The van der Waals surface area contributed by atoms with Crippen molar-refractivity contribution >= 4 is 29.1 Å². The molecule has 1 fully saturated rings. The van der Waals surface area contributed by atoms with E-state index in [1.54, 1.807) is 37.3 Å². The first-order valence-electron chi connectivity index (χ1n) is 14.2. The van der Waals surface area contributed by atoms with Crippen LogP contribution >= 0.6 is 0 Å². The highest BCUT2D eigenvalue weighted by Gasteiger charge is 2.39. The zero-order valence-corrected chi connectivity index (χ0v) is 22.9. The molecule has 0 radical (unpaired) electrons. The molecule has 2 aliphatic rings. The largest absolute Gasteiger partial charge is 0.398 e. The Kier molecular flexibility index (Phi) is 8.29. The van der Waals surface area contributed by atoms with E-state index >= 15 is 0 Å². The number of rotatable bonds is 7. The summed E-state index contributed by atoms with van der Waals surface area (Å²) in [6.45, 7) is 1.79. The molecule has 7 heteroatoms. The van der Waals surface area contributed by atoms with E-state index in [4.69, 9.17) is 5.73 Å². The summed E-state index contributed by atoms with van der Waals surface area (Å²) in [4.78, 5) is 42.7. The Hall–Kier alpha value is -4.00. The number of nitrogen functional groups attached to an aromatic ring is 1. The van der Waals surface area contributed by atoms with Gasteiger partial charge in [-0.05, 0) is 66.6 Å². The molecule has 0 aromatic heterocycles. The smallest absolute Gasteiger partial charge is 0.256 e. The molecule has 1 heterocycles. The lowest BCUT2D eigenvalue weighted by atomic mass is 9.85. The molecule has 40 heavy (non-hydrogen) atoms. The van der Waals surface area contributed by atoms with Crippen LogP contribution in [-0.2, 0) is 20.8 Å². The van der Waals surface area contributed by atoms with Gasteiger partial charge in [0.2, 0.25) is 11.8 Å². The van der Waals surface area contributed by atoms with Crippen LogP contribution in [0.25, 0.3) is 11.1 Å². The molecule has 1 saturated carbocycles. The Morgan fingerprint density at radius 2 is 1.77 bits per heavy atom. The van der Waals surface area contributed by atoms with Crippen LogP contribution in [-0.4, -0.2) is 23.8 Å². The molecule has 0 spiro atoms. The van der Waals surface area contributed by atoms with Crippen LogP contribution in [0, 0.1) is 11.7 Å². The number of benzene rings is 3. The zero-order valence-electron chi connectivity index (χ0n) is 22.9. The Bertz CT molecular complexity index is 1420. The normalized spacial score (nSPS) is 17.9. The summed E-state index contributed by atoms with van der Waals surface area (Å²) in [5, 5.41) is 2.91. The Morgan fingerprint density at radius 1 is 1.02 bits per heavy atom. The number of carbonyl (C=O) groups is 3. The number of hydrogen-bond donors (Lipinski definition) is 2. The fraction of sp³-hybridized carbons (Fsp3) is 0.364. The van der Waals surface area contributed by atoms with Gasteiger partial charge < -0.3 is 11.1 Å². The van der Waals surface area contributed by atoms with Crippen molar-refractivity contribution in [2.24, 2.45) is 5.92 Å². The summed E-state index contributed by atoms with van der Waals surface area (Å²) in [5.41, 5.74) is 10.1. The average Bonchev–Trinajstić information content (AvgIpc) is 3.04. The summed E-state index contributed by atoms with van der Waals surface area (Å²) < 4.78 is 13.7. The van der Waals surface area contributed by atoms with Gasteiger partial charge in [-0.25, -0.2) is 9.29 Å². The van der Waals surface area contributed by atoms with Gasteiger partial charge in [-0.1, -0.05) is 74.6 Å². The second kappa shape index (κ2) is 12.0. The van der Waals surface area contributed by atoms with Gasteiger partial charge in [-0.3, -0.25) is 14.4 Å². The van der Waals surface area contributed by atoms with Gasteiger partial charge in [0.25, 0.3) is 5.91 Å². The maximum Gasteiger partial charge on any atom is 0.256 e. The number of nitrogens with one attached hydrogen (secondary N) is 1. The number of carbonyl (C=O) groups excluding carboxylic acids is 3. The SMILES string of the molecule is CC1C(=O)N(C(=O)[C@H](CCC2CCCCC2)NC(=O)Cc2cccc(F)c2)c2cccc(N)c2-c2ccccc21. The van der Waals surface area contributed by atoms with Crippen LogP contribution in [0.2, 0.25) is 0 Å². The Balaban J connectivity index is 1.48. The van der Waals surface area contributed by atoms with Gasteiger partial charge in [0.1, 0.15) is 11.9 Å². The van der Waals surface area contributed by atoms with Gasteiger partial charge in [0.15, 0.2) is 0 Å². The molecular formula is C33H36FN3O3. The third-order valence-corrected chi connectivity index (χ3v) is 8.30. The maximum atomic E-state index is 14.3. The molecule has 1 aliphatic heterocycles. The maximum absolute atomic E-state index is 14.3. The number of halogens is 1. The molecular weight excluding hydrogens is 505 g/mol. The van der Waals surface area contributed by atoms with E-state index in [1.807, 2.05) is 24.3 Å². The number of nitrogens with two attached hydrogens (primary N) is 1. The molecule has 1 unspecified atom stereocenters. The summed E-state index contributed by atoms with van der Waals surface area (Å²) in [5.74, 6) is -1.75. The van der Waals surface area contributed by atoms with Crippen molar-refractivity contribution in [3.63, 3.8) is 0 Å². The van der Waals surface area contributed by atoms with Crippen LogP contribution in [0.4, 0.5) is 15.8 Å². The predicted molar refractivity (Wildman–Crippen MR) is 155 cm³/mol. The summed E-state index contributed by atoms with van der Waals surface area (Å²) >= 11 is 0. The van der Waals surface area contributed by atoms with Crippen LogP contribution in [0.5, 0.6) is 0 Å². The standard InChI is InChI=1S/C33H36FN3O3/c1-21-25-13-5-6-14-26(25)31-27(35)15-8-16-29(31)37(32(21)39)33(40)28(18-17-22-9-3-2-4-10-22)36-30(38)20-23-11-7-12-24(34)19-23/h5-8,11-16,19,21-22,28H,2-4,9-10,17-18,20,35H2,1H3,(H,36,38)/t21?,28-/m0/s1. The molecule has 0 saturated heterocycles. The Labute approximate surface area is 234 Å². The topological polar surface area (TPSA) is 92.5 Å². The molecule has 5 rings (SSSR count). The van der Waals surface area contributed by atoms with Crippen molar-refractivity contribution in [1.29, 1.82) is 0 Å². The first-order valence-corrected chi connectivity index (χ1v) is 14.2. The molecule has 208 valence electrons. The second-order valence-corrected chi connectivity index (χ2v) is 11.1. The van der Waals surface area contributed by atoms with E-state index in [9.17, 15) is 18.8 Å². The van der Waals surface area contributed by atoms with E-state index in [0.29, 0.717) is 34.8 Å². The predicted octanol–water partition coefficient (Wildman–Crippen LogP) is 6.14. The highest BCUT2D eigenvalue weighted by molar-refractivity contribution is 6.22. The molecule has 3 aromatic rings. The minimum atomic E-state index is -0.908. The minimum Gasteiger partial charge on any atom is -0.398 e. The highest BCUT2D eigenvalue weighted by atomic mass is 19.1. The summed E-state index contributed by atoms with van der Waals surface area (Å²) in [7, 11) is 0. The van der Waals surface area contributed by atoms with Crippen LogP contribution in [0.15, 0.2) is 66.7 Å². The first kappa shape index (κ1) is 27.6. The van der Waals surface area contributed by atoms with Crippen LogP contribution in [0.3, 0.4) is 0 Å². The van der Waals surface area contributed by atoms with Gasteiger partial charge in [-0.2, -0.15) is 0 Å². The number of imide groups is 1. The van der Waals surface area contributed by atoms with Crippen molar-refractivity contribution in [2.45, 2.75) is 70.3 Å². The van der Waals surface area contributed by atoms with Gasteiger partial charge in [0.05, 0.1) is 18.0 Å². The summed E-state index contributed by atoms with van der Waals surface area (Å²) in [6, 6.07) is 17.8. The number of amides is 3. The number of fused-ring (bicyclic) bond motifs is 3. The quantitative estimate of drug-likeness (QED) is 0.352. The van der Waals surface area contributed by atoms with Crippen molar-refractivity contribution in [2.75, 3.05) is 10.6 Å². The molecule has 6 nitrogen and oxygen atoms in total. The highest BCUT2D eigenvalue weighted by Crippen LogP contribution is 2.44. The van der Waals surface area contributed by atoms with E-state index in [-0.39, 0.29) is 18.2 Å². The molecule has 3 aromatic carbocycles. The average molecular weight is 542 g/mol. The molecule has 2 atom stereocenters. The van der Waals surface area contributed by atoms with Crippen molar-refractivity contribution in [3.8, 4) is 11.1 Å². The minimum absolute atomic E-state index is 0.0652.